The van der Waals surface area contributed by atoms with Crippen molar-refractivity contribution in [3.63, 3.8) is 0 Å². The number of hydrogen-bond donors (Lipinski definition) is 0. The minimum atomic E-state index is 0. The molecule has 0 N–H and O–H groups in total. The molecule has 72 valence electrons. The molecule has 0 atom stereocenters. The Balaban J connectivity index is -0.0000000508. The average Bonchev–Trinajstić information content (AvgIpc) is 2.66. The van der Waals surface area contributed by atoms with Gasteiger partial charge in [0, 0.05) is 0 Å². The first-order valence-electron chi connectivity index (χ1n) is 2.92. The summed E-state index contributed by atoms with van der Waals surface area (Å²) < 4.78 is 0. The molecule has 0 unspecified atom stereocenters. The third-order valence-corrected chi connectivity index (χ3v) is 0.957. The molecule has 13 heavy (non-hydrogen) atoms. The zero-order valence-corrected chi connectivity index (χ0v) is 8.45. The summed E-state index contributed by atoms with van der Waals surface area (Å²) in [5, 5.41) is 0. The van der Waals surface area contributed by atoms with Gasteiger partial charge in [-0.3, -0.25) is 20.4 Å². The maximum atomic E-state index is 7.75. The Morgan fingerprint density at radius 2 is 1.46 bits per heavy atom. The van der Waals surface area contributed by atoms with E-state index in [-0.39, 0.29) is 17.1 Å². The van der Waals surface area contributed by atoms with Crippen molar-refractivity contribution in [2.45, 2.75) is 13.3 Å². The van der Waals surface area contributed by atoms with Crippen LogP contribution in [0, 0.1) is 0 Å². The van der Waals surface area contributed by atoms with Gasteiger partial charge in [0.1, 0.15) is 0 Å². The summed E-state index contributed by atoms with van der Waals surface area (Å²) in [6, 6.07) is 0. The minimum absolute atomic E-state index is 0. The van der Waals surface area contributed by atoms with Crippen LogP contribution < -0.4 is 0 Å². The molecule has 0 radical (unpaired) electrons. The maximum Gasteiger partial charge on any atom is 3.00 e. The van der Waals surface area contributed by atoms with Crippen molar-refractivity contribution in [2.75, 3.05) is 0 Å². The summed E-state index contributed by atoms with van der Waals surface area (Å²) in [6.07, 6.45) is 7.56. The number of hydrogen-bond acceptors (Lipinski definition) is 3. The first-order valence-corrected chi connectivity index (χ1v) is 2.92. The van der Waals surface area contributed by atoms with E-state index in [1.54, 1.807) is 0 Å². The molecule has 0 aromatic heterocycles. The molecule has 4 heteroatoms. The van der Waals surface area contributed by atoms with Crippen LogP contribution in [0.2, 0.25) is 0 Å². The van der Waals surface area contributed by atoms with Crippen LogP contribution in [0.3, 0.4) is 0 Å². The molecule has 1 aliphatic carbocycles. The number of carbonyl (C=O) groups excluding carboxylic acids is 3. The Morgan fingerprint density at radius 3 is 1.54 bits per heavy atom. The van der Waals surface area contributed by atoms with Gasteiger partial charge in [-0.25, -0.2) is 0 Å². The summed E-state index contributed by atoms with van der Waals surface area (Å²) in [5.74, 6) is 0. The van der Waals surface area contributed by atoms with E-state index in [1.807, 2.05) is 0 Å². The summed E-state index contributed by atoms with van der Waals surface area (Å²) >= 11 is 0. The second-order valence-corrected chi connectivity index (χ2v) is 1.65. The molecule has 0 saturated heterocycles. The van der Waals surface area contributed by atoms with Gasteiger partial charge in [0.2, 0.25) is 0 Å². The molecule has 1 aliphatic rings. The van der Waals surface area contributed by atoms with Crippen LogP contribution in [0.1, 0.15) is 13.3 Å². The van der Waals surface area contributed by atoms with Gasteiger partial charge in [0.05, 0.1) is 0 Å². The summed E-state index contributed by atoms with van der Waals surface area (Å²) in [5.41, 5.74) is 1.47. The second kappa shape index (κ2) is 30.5. The van der Waals surface area contributed by atoms with Crippen molar-refractivity contribution in [1.82, 2.24) is 0 Å². The van der Waals surface area contributed by atoms with Crippen molar-refractivity contribution in [2.24, 2.45) is 0 Å². The Kier molecular flexibility index (Phi) is 53.3. The van der Waals surface area contributed by atoms with Crippen molar-refractivity contribution in [1.29, 1.82) is 0 Å². The van der Waals surface area contributed by atoms with Crippen LogP contribution in [0.15, 0.2) is 23.8 Å². The molecule has 0 aromatic carbocycles. The first-order chi connectivity index (χ1) is 5.89. The molecule has 0 spiro atoms. The molecule has 0 fully saturated rings. The number of rotatable bonds is 0. The van der Waals surface area contributed by atoms with E-state index in [0.717, 1.165) is 0 Å². The normalized spacial score (nSPS) is 9.46. The van der Waals surface area contributed by atoms with Gasteiger partial charge < -0.3 is 14.4 Å². The monoisotopic (exact) mass is 222 g/mol. The van der Waals surface area contributed by atoms with Gasteiger partial charge in [-0.05, 0) is 13.3 Å². The maximum absolute atomic E-state index is 7.75. The van der Waals surface area contributed by atoms with Gasteiger partial charge in [-0.1, -0.05) is 23.8 Å². The van der Waals surface area contributed by atoms with Gasteiger partial charge >= 0.3 is 17.1 Å². The SMILES string of the molecule is CC1=CC=CC1.[CH-]=O.[CH-]=O.[CH-]=O.[Mn+3]. The van der Waals surface area contributed by atoms with E-state index >= 15 is 0 Å². The number of allylic oxidation sites excluding steroid dienone is 4. The Morgan fingerprint density at radius 1 is 1.08 bits per heavy atom. The van der Waals surface area contributed by atoms with Gasteiger partial charge in [0.25, 0.3) is 0 Å². The van der Waals surface area contributed by atoms with Crippen molar-refractivity contribution < 1.29 is 31.5 Å². The topological polar surface area (TPSA) is 51.2 Å². The van der Waals surface area contributed by atoms with Crippen LogP contribution in [0.25, 0.3) is 0 Å². The quantitative estimate of drug-likeness (QED) is 0.350. The van der Waals surface area contributed by atoms with Gasteiger partial charge in [-0.2, -0.15) is 0 Å². The summed E-state index contributed by atoms with van der Waals surface area (Å²) in [6.45, 7) is 11.9. The molecule has 0 aliphatic heterocycles. The fourth-order valence-corrected chi connectivity index (χ4v) is 0.554. The van der Waals surface area contributed by atoms with E-state index in [2.05, 4.69) is 45.5 Å². The fourth-order valence-electron chi connectivity index (χ4n) is 0.554. The predicted octanol–water partition coefficient (Wildman–Crippen LogP) is 1.07. The largest absolute Gasteiger partial charge is 3.00 e. The molecule has 0 heterocycles. The minimum Gasteiger partial charge on any atom is -0.545 e. The van der Waals surface area contributed by atoms with Crippen LogP contribution in [-0.2, 0) is 31.5 Å². The van der Waals surface area contributed by atoms with Crippen LogP contribution in [-0.4, -0.2) is 20.4 Å². The Bertz CT molecular complexity index is 139. The third kappa shape index (κ3) is 24.7. The molecule has 0 aromatic rings. The van der Waals surface area contributed by atoms with Gasteiger partial charge in [0.15, 0.2) is 0 Å². The Hall–Kier alpha value is -0.991. The molecule has 0 amide bonds. The third-order valence-electron chi connectivity index (χ3n) is 0.957. The predicted molar refractivity (Wildman–Crippen MR) is 47.8 cm³/mol. The standard InChI is InChI=1S/C6H8.3CHO.Mn/c1-6-4-2-3-5-6;3*1-2;/h2-4H,5H2,1H3;3*1H;/q;3*-1;+3. The summed E-state index contributed by atoms with van der Waals surface area (Å²) in [7, 11) is 0. The van der Waals surface area contributed by atoms with E-state index < -0.39 is 0 Å². The van der Waals surface area contributed by atoms with Crippen LogP contribution >= 0.6 is 0 Å². The van der Waals surface area contributed by atoms with Crippen LogP contribution in [0.5, 0.6) is 0 Å². The van der Waals surface area contributed by atoms with Crippen molar-refractivity contribution in [3.05, 3.63) is 23.8 Å². The van der Waals surface area contributed by atoms with Crippen LogP contribution in [0.4, 0.5) is 0 Å². The van der Waals surface area contributed by atoms with E-state index in [9.17, 15) is 0 Å². The van der Waals surface area contributed by atoms with Crippen molar-refractivity contribution in [3.8, 4) is 0 Å². The second-order valence-electron chi connectivity index (χ2n) is 1.65. The molecule has 3 nitrogen and oxygen atoms in total. The molecular formula is C9H11MnO3. The zero-order chi connectivity index (χ0) is 10.4. The van der Waals surface area contributed by atoms with E-state index in [4.69, 9.17) is 14.4 Å². The Labute approximate surface area is 89.4 Å². The molecule has 1 rings (SSSR count). The van der Waals surface area contributed by atoms with E-state index in [0.29, 0.717) is 0 Å². The zero-order valence-electron chi connectivity index (χ0n) is 7.27. The molecule has 0 saturated carbocycles. The molecular weight excluding hydrogens is 211 g/mol. The first kappa shape index (κ1) is 22.7. The molecule has 0 bridgehead atoms. The average molecular weight is 222 g/mol. The smallest absolute Gasteiger partial charge is 0.545 e. The van der Waals surface area contributed by atoms with Gasteiger partial charge in [-0.15, -0.1) is 0 Å². The summed E-state index contributed by atoms with van der Waals surface area (Å²) in [4.78, 5) is 23.2. The van der Waals surface area contributed by atoms with E-state index in [1.165, 1.54) is 12.0 Å². The van der Waals surface area contributed by atoms with Crippen molar-refractivity contribution >= 4 is 20.4 Å². The fraction of sp³-hybridized carbons (Fsp3) is 0.222.